The molecule has 0 atom stereocenters. The van der Waals surface area contributed by atoms with Crippen LogP contribution in [0.1, 0.15) is 23.9 Å². The second-order valence-electron chi connectivity index (χ2n) is 6.64. The van der Waals surface area contributed by atoms with E-state index >= 15 is 0 Å². The largest absolute Gasteiger partial charge is 0.484 e. The number of thioether (sulfide) groups is 1. The first kappa shape index (κ1) is 22.5. The zero-order valence-corrected chi connectivity index (χ0v) is 19.2. The van der Waals surface area contributed by atoms with Gasteiger partial charge in [-0.05, 0) is 56.2 Å². The molecule has 0 aliphatic rings. The number of ether oxygens (including phenoxy) is 1. The van der Waals surface area contributed by atoms with E-state index in [2.05, 4.69) is 15.5 Å². The van der Waals surface area contributed by atoms with Gasteiger partial charge in [0.05, 0.1) is 10.8 Å². The van der Waals surface area contributed by atoms with Crippen molar-refractivity contribution in [1.29, 1.82) is 0 Å². The van der Waals surface area contributed by atoms with Gasteiger partial charge < -0.3 is 14.6 Å². The second-order valence-corrected chi connectivity index (χ2v) is 8.43. The van der Waals surface area contributed by atoms with E-state index in [0.29, 0.717) is 33.3 Å². The molecule has 158 valence electrons. The Labute approximate surface area is 189 Å². The summed E-state index contributed by atoms with van der Waals surface area (Å²) in [5, 5.41) is 13.0. The lowest BCUT2D eigenvalue weighted by atomic mass is 10.1. The van der Waals surface area contributed by atoms with Gasteiger partial charge in [0.1, 0.15) is 12.4 Å². The number of hydrogen-bond donors (Lipinski definition) is 1. The molecule has 2 aromatic carbocycles. The Balaban J connectivity index is 1.60. The molecule has 0 aliphatic heterocycles. The summed E-state index contributed by atoms with van der Waals surface area (Å²) in [5.74, 6) is 1.26. The number of amides is 1. The van der Waals surface area contributed by atoms with E-state index in [1.54, 1.807) is 18.2 Å². The van der Waals surface area contributed by atoms with E-state index in [1.165, 1.54) is 17.3 Å². The molecule has 1 N–H and O–H groups in total. The van der Waals surface area contributed by atoms with E-state index in [1.807, 2.05) is 43.5 Å². The summed E-state index contributed by atoms with van der Waals surface area (Å²) in [7, 11) is 0. The third-order valence-electron chi connectivity index (χ3n) is 4.48. The van der Waals surface area contributed by atoms with Crippen molar-refractivity contribution in [3.05, 3.63) is 63.4 Å². The van der Waals surface area contributed by atoms with Gasteiger partial charge in [0.2, 0.25) is 5.91 Å². The molecule has 1 aromatic heterocycles. The summed E-state index contributed by atoms with van der Waals surface area (Å²) in [6.07, 6.45) is 0. The molecule has 3 rings (SSSR count). The minimum atomic E-state index is -0.0996. The highest BCUT2D eigenvalue weighted by atomic mass is 35.5. The zero-order chi connectivity index (χ0) is 21.7. The first-order valence-corrected chi connectivity index (χ1v) is 11.1. The summed E-state index contributed by atoms with van der Waals surface area (Å²) in [6, 6.07) is 10.9. The van der Waals surface area contributed by atoms with Crippen LogP contribution in [-0.4, -0.2) is 26.4 Å². The number of nitrogens with one attached hydrogen (secondary N) is 1. The van der Waals surface area contributed by atoms with Crippen molar-refractivity contribution in [2.45, 2.75) is 39.1 Å². The van der Waals surface area contributed by atoms with Crippen molar-refractivity contribution in [2.75, 3.05) is 11.1 Å². The summed E-state index contributed by atoms with van der Waals surface area (Å²) < 4.78 is 7.67. The fourth-order valence-electron chi connectivity index (χ4n) is 2.73. The Morgan fingerprint density at radius 1 is 1.13 bits per heavy atom. The minimum absolute atomic E-state index is 0.0996. The van der Waals surface area contributed by atoms with Gasteiger partial charge in [0.25, 0.3) is 0 Å². The maximum absolute atomic E-state index is 12.3. The molecule has 9 heteroatoms. The number of halogens is 2. The molecular weight excluding hydrogens is 443 g/mol. The number of anilines is 1. The van der Waals surface area contributed by atoms with Crippen LogP contribution in [0.25, 0.3) is 0 Å². The van der Waals surface area contributed by atoms with Crippen molar-refractivity contribution in [3.63, 3.8) is 0 Å². The van der Waals surface area contributed by atoms with Crippen LogP contribution in [0.2, 0.25) is 10.0 Å². The third-order valence-corrected chi connectivity index (χ3v) is 6.00. The van der Waals surface area contributed by atoms with E-state index in [-0.39, 0.29) is 18.3 Å². The minimum Gasteiger partial charge on any atom is -0.484 e. The highest BCUT2D eigenvalue weighted by Crippen LogP contribution is 2.28. The number of aromatic nitrogens is 3. The first-order chi connectivity index (χ1) is 14.4. The number of nitrogens with zero attached hydrogens (tertiary/aromatic N) is 3. The number of carbonyl (C=O) groups excluding carboxylic acids is 1. The number of carbonyl (C=O) groups is 1. The predicted octanol–water partition coefficient (Wildman–Crippen LogP) is 5.53. The van der Waals surface area contributed by atoms with Crippen molar-refractivity contribution in [3.8, 4) is 5.75 Å². The SMILES string of the molecule is CCn1c(COc2cc(Cl)ccc2Cl)nnc1SCC(=O)Nc1ccc(C)c(C)c1. The van der Waals surface area contributed by atoms with Crippen LogP contribution < -0.4 is 10.1 Å². The Morgan fingerprint density at radius 2 is 1.93 bits per heavy atom. The molecule has 6 nitrogen and oxygen atoms in total. The molecule has 0 radical (unpaired) electrons. The van der Waals surface area contributed by atoms with Gasteiger partial charge in [-0.25, -0.2) is 0 Å². The van der Waals surface area contributed by atoms with Crippen LogP contribution in [0.5, 0.6) is 5.75 Å². The van der Waals surface area contributed by atoms with E-state index in [0.717, 1.165) is 11.3 Å². The fourth-order valence-corrected chi connectivity index (χ4v) is 3.88. The van der Waals surface area contributed by atoms with Crippen LogP contribution >= 0.6 is 35.0 Å². The fraction of sp³-hybridized carbons (Fsp3) is 0.286. The van der Waals surface area contributed by atoms with Gasteiger partial charge >= 0.3 is 0 Å². The number of hydrogen-bond acceptors (Lipinski definition) is 5. The van der Waals surface area contributed by atoms with Crippen LogP contribution in [0.3, 0.4) is 0 Å². The van der Waals surface area contributed by atoms with Gasteiger partial charge in [-0.1, -0.05) is 41.0 Å². The zero-order valence-electron chi connectivity index (χ0n) is 16.9. The summed E-state index contributed by atoms with van der Waals surface area (Å²) in [5.41, 5.74) is 3.11. The van der Waals surface area contributed by atoms with Crippen molar-refractivity contribution in [1.82, 2.24) is 14.8 Å². The van der Waals surface area contributed by atoms with E-state index in [9.17, 15) is 4.79 Å². The lowest BCUT2D eigenvalue weighted by Crippen LogP contribution is -2.15. The van der Waals surface area contributed by atoms with Crippen molar-refractivity contribution < 1.29 is 9.53 Å². The molecule has 0 aliphatic carbocycles. The molecule has 0 unspecified atom stereocenters. The smallest absolute Gasteiger partial charge is 0.234 e. The molecule has 0 bridgehead atoms. The van der Waals surface area contributed by atoms with Gasteiger partial charge in [-0.3, -0.25) is 4.79 Å². The normalized spacial score (nSPS) is 10.8. The van der Waals surface area contributed by atoms with Crippen molar-refractivity contribution in [2.24, 2.45) is 0 Å². The Kier molecular flexibility index (Phi) is 7.64. The summed E-state index contributed by atoms with van der Waals surface area (Å²) >= 11 is 13.5. The molecule has 30 heavy (non-hydrogen) atoms. The Hall–Kier alpha value is -2.22. The Bertz CT molecular complexity index is 1060. The van der Waals surface area contributed by atoms with Gasteiger partial charge in [-0.15, -0.1) is 10.2 Å². The molecule has 0 spiro atoms. The van der Waals surface area contributed by atoms with Gasteiger partial charge in [0, 0.05) is 23.3 Å². The van der Waals surface area contributed by atoms with Crippen molar-refractivity contribution >= 4 is 46.6 Å². The maximum Gasteiger partial charge on any atom is 0.234 e. The number of rotatable bonds is 8. The van der Waals surface area contributed by atoms with Gasteiger partial charge in [0.15, 0.2) is 11.0 Å². The molecule has 3 aromatic rings. The molecule has 0 saturated carbocycles. The molecule has 1 heterocycles. The first-order valence-electron chi connectivity index (χ1n) is 9.37. The van der Waals surface area contributed by atoms with Gasteiger partial charge in [-0.2, -0.15) is 0 Å². The monoisotopic (exact) mass is 464 g/mol. The molecule has 1 amide bonds. The molecule has 0 saturated heterocycles. The lowest BCUT2D eigenvalue weighted by molar-refractivity contribution is -0.113. The average molecular weight is 465 g/mol. The van der Waals surface area contributed by atoms with E-state index < -0.39 is 0 Å². The summed E-state index contributed by atoms with van der Waals surface area (Å²) in [6.45, 7) is 6.88. The van der Waals surface area contributed by atoms with Crippen LogP contribution in [0.4, 0.5) is 5.69 Å². The third kappa shape index (κ3) is 5.68. The summed E-state index contributed by atoms with van der Waals surface area (Å²) in [4.78, 5) is 12.3. The topological polar surface area (TPSA) is 69.0 Å². The standard InChI is InChI=1S/C21H22Cl2N4O2S/c1-4-27-19(11-29-18-10-15(22)6-8-17(18)23)25-26-21(27)30-12-20(28)24-16-7-5-13(2)14(3)9-16/h5-10H,4,11-12H2,1-3H3,(H,24,28). The van der Waals surface area contributed by atoms with E-state index in [4.69, 9.17) is 27.9 Å². The lowest BCUT2D eigenvalue weighted by Gasteiger charge is -2.10. The van der Waals surface area contributed by atoms with Crippen LogP contribution in [0.15, 0.2) is 41.6 Å². The number of benzene rings is 2. The Morgan fingerprint density at radius 3 is 2.67 bits per heavy atom. The highest BCUT2D eigenvalue weighted by Gasteiger charge is 2.15. The second kappa shape index (κ2) is 10.2. The quantitative estimate of drug-likeness (QED) is 0.443. The average Bonchev–Trinajstić information content (AvgIpc) is 3.11. The maximum atomic E-state index is 12.3. The van der Waals surface area contributed by atoms with Crippen LogP contribution in [-0.2, 0) is 17.9 Å². The molecular formula is C21H22Cl2N4O2S. The van der Waals surface area contributed by atoms with Crippen LogP contribution in [0, 0.1) is 13.8 Å². The molecule has 0 fully saturated rings. The number of aryl methyl sites for hydroxylation is 2. The highest BCUT2D eigenvalue weighted by molar-refractivity contribution is 7.99. The predicted molar refractivity (Wildman–Crippen MR) is 122 cm³/mol.